The molecule has 1 aliphatic rings. The van der Waals surface area contributed by atoms with E-state index in [1.54, 1.807) is 0 Å². The van der Waals surface area contributed by atoms with Gasteiger partial charge in [-0.3, -0.25) is 9.59 Å². The maximum absolute atomic E-state index is 13.1. The van der Waals surface area contributed by atoms with Gasteiger partial charge in [0.2, 0.25) is 5.91 Å². The number of hydrogen-bond acceptors (Lipinski definition) is 4. The summed E-state index contributed by atoms with van der Waals surface area (Å²) in [5.74, 6) is -1.60. The summed E-state index contributed by atoms with van der Waals surface area (Å²) in [5.41, 5.74) is 5.52. The number of carboxylic acids is 1. The van der Waals surface area contributed by atoms with Gasteiger partial charge in [0.15, 0.2) is 0 Å². The number of carbonyl (C=O) groups is 2. The predicted molar refractivity (Wildman–Crippen MR) is 55.5 cm³/mol. The minimum Gasteiger partial charge on any atom is -0.481 e. The molecule has 1 rings (SSSR count). The Labute approximate surface area is 97.8 Å². The van der Waals surface area contributed by atoms with E-state index in [0.717, 1.165) is 4.90 Å². The van der Waals surface area contributed by atoms with Crippen LogP contribution in [0, 0.1) is 11.3 Å². The van der Waals surface area contributed by atoms with Crippen molar-refractivity contribution in [1.82, 2.24) is 4.90 Å². The molecule has 0 aliphatic carbocycles. The summed E-state index contributed by atoms with van der Waals surface area (Å²) in [7, 11) is 0. The summed E-state index contributed by atoms with van der Waals surface area (Å²) in [5, 5.41) is 17.2. The highest BCUT2D eigenvalue weighted by atomic mass is 19.1. The van der Waals surface area contributed by atoms with Crippen molar-refractivity contribution < 1.29 is 19.1 Å². The van der Waals surface area contributed by atoms with E-state index in [4.69, 9.17) is 16.1 Å². The van der Waals surface area contributed by atoms with E-state index in [-0.39, 0.29) is 25.8 Å². The van der Waals surface area contributed by atoms with Crippen molar-refractivity contribution in [1.29, 1.82) is 5.26 Å². The first kappa shape index (κ1) is 13.4. The molecule has 3 atom stereocenters. The van der Waals surface area contributed by atoms with Gasteiger partial charge in [0.1, 0.15) is 12.2 Å². The van der Waals surface area contributed by atoms with Crippen molar-refractivity contribution in [3.8, 4) is 6.07 Å². The van der Waals surface area contributed by atoms with Crippen LogP contribution in [0.5, 0.6) is 0 Å². The first-order valence-electron chi connectivity index (χ1n) is 5.27. The Bertz CT molecular complexity index is 355. The third-order valence-electron chi connectivity index (χ3n) is 2.67. The number of rotatable bonds is 4. The van der Waals surface area contributed by atoms with E-state index in [1.807, 2.05) is 6.07 Å². The number of nitrogens with two attached hydrogens (primary N) is 1. The summed E-state index contributed by atoms with van der Waals surface area (Å²) in [6, 6.07) is 0.0472. The lowest BCUT2D eigenvalue weighted by atomic mass is 10.1. The lowest BCUT2D eigenvalue weighted by Gasteiger charge is -2.22. The Hall–Kier alpha value is -1.68. The fraction of sp³-hybridized carbons (Fsp3) is 0.700. The quantitative estimate of drug-likeness (QED) is 0.701. The average molecular weight is 243 g/mol. The Balaban J connectivity index is 2.57. The number of nitrogens with zero attached hydrogens (tertiary/aromatic N) is 2. The number of nitriles is 1. The fourth-order valence-electron chi connectivity index (χ4n) is 1.77. The molecular weight excluding hydrogens is 229 g/mol. The Morgan fingerprint density at radius 2 is 2.29 bits per heavy atom. The molecule has 17 heavy (non-hydrogen) atoms. The molecule has 1 amide bonds. The van der Waals surface area contributed by atoms with Gasteiger partial charge in [-0.25, -0.2) is 4.39 Å². The predicted octanol–water partition coefficient (Wildman–Crippen LogP) is -0.359. The van der Waals surface area contributed by atoms with Crippen LogP contribution in [0.15, 0.2) is 0 Å². The van der Waals surface area contributed by atoms with Crippen molar-refractivity contribution in [3.63, 3.8) is 0 Å². The van der Waals surface area contributed by atoms with Gasteiger partial charge >= 0.3 is 5.97 Å². The number of carboxylic acid groups (broad SMARTS) is 1. The van der Waals surface area contributed by atoms with Crippen molar-refractivity contribution in [3.05, 3.63) is 0 Å². The molecule has 1 fully saturated rings. The number of likely N-dealkylation sites (tertiary alicyclic amines) is 1. The van der Waals surface area contributed by atoms with E-state index in [1.165, 1.54) is 0 Å². The Morgan fingerprint density at radius 3 is 2.82 bits per heavy atom. The third kappa shape index (κ3) is 3.39. The van der Waals surface area contributed by atoms with Gasteiger partial charge in [0.05, 0.1) is 18.7 Å². The lowest BCUT2D eigenvalue weighted by Crippen LogP contribution is -2.46. The molecule has 0 spiro atoms. The molecule has 1 heterocycles. The molecule has 6 nitrogen and oxygen atoms in total. The maximum atomic E-state index is 13.1. The van der Waals surface area contributed by atoms with E-state index in [9.17, 15) is 14.0 Å². The van der Waals surface area contributed by atoms with Crippen LogP contribution in [0.3, 0.4) is 0 Å². The largest absolute Gasteiger partial charge is 0.481 e. The average Bonchev–Trinajstić information content (AvgIpc) is 2.66. The molecule has 0 radical (unpaired) electrons. The highest BCUT2D eigenvalue weighted by molar-refractivity contribution is 5.83. The number of carbonyl (C=O) groups excluding carboxylic acids is 1. The molecule has 7 heteroatoms. The second kappa shape index (κ2) is 5.59. The SMILES string of the molecule is N#CC1CC(F)CN1C(=O)[C@@H](N)CCC(=O)O. The monoisotopic (exact) mass is 243 g/mol. The Morgan fingerprint density at radius 1 is 1.65 bits per heavy atom. The first-order valence-corrected chi connectivity index (χ1v) is 5.27. The zero-order valence-corrected chi connectivity index (χ0v) is 9.17. The molecule has 1 aliphatic heterocycles. The van der Waals surface area contributed by atoms with Gasteiger partial charge in [-0.2, -0.15) is 5.26 Å². The molecule has 3 N–H and O–H groups in total. The smallest absolute Gasteiger partial charge is 0.303 e. The number of halogens is 1. The van der Waals surface area contributed by atoms with Crippen molar-refractivity contribution in [2.75, 3.05) is 6.54 Å². The number of hydrogen-bond donors (Lipinski definition) is 2. The summed E-state index contributed by atoms with van der Waals surface area (Å²) in [6.45, 7) is -0.141. The highest BCUT2D eigenvalue weighted by Gasteiger charge is 2.37. The number of amides is 1. The molecule has 0 saturated carbocycles. The lowest BCUT2D eigenvalue weighted by molar-refractivity contribution is -0.137. The summed E-state index contributed by atoms with van der Waals surface area (Å²) in [4.78, 5) is 23.2. The molecule has 2 unspecified atom stereocenters. The topological polar surface area (TPSA) is 107 Å². The van der Waals surface area contributed by atoms with Crippen molar-refractivity contribution >= 4 is 11.9 Å². The van der Waals surface area contributed by atoms with Crippen LogP contribution in [0.4, 0.5) is 4.39 Å². The molecular formula is C10H14FN3O3. The second-order valence-electron chi connectivity index (χ2n) is 4.01. The van der Waals surface area contributed by atoms with Crippen LogP contribution < -0.4 is 5.73 Å². The minimum absolute atomic E-state index is 0.00606. The zero-order chi connectivity index (χ0) is 13.0. The highest BCUT2D eigenvalue weighted by Crippen LogP contribution is 2.21. The van der Waals surface area contributed by atoms with Crippen LogP contribution in [-0.2, 0) is 9.59 Å². The van der Waals surface area contributed by atoms with Crippen molar-refractivity contribution in [2.24, 2.45) is 5.73 Å². The van der Waals surface area contributed by atoms with E-state index in [2.05, 4.69) is 0 Å². The second-order valence-corrected chi connectivity index (χ2v) is 4.01. The molecule has 1 saturated heterocycles. The van der Waals surface area contributed by atoms with Gasteiger partial charge in [0.25, 0.3) is 0 Å². The van der Waals surface area contributed by atoms with Crippen LogP contribution in [0.25, 0.3) is 0 Å². The number of alkyl halides is 1. The molecule has 0 aromatic heterocycles. The van der Waals surface area contributed by atoms with Gasteiger partial charge < -0.3 is 15.7 Å². The minimum atomic E-state index is -1.21. The molecule has 0 aromatic carbocycles. The molecule has 0 bridgehead atoms. The van der Waals surface area contributed by atoms with Gasteiger partial charge in [-0.1, -0.05) is 0 Å². The molecule has 94 valence electrons. The third-order valence-corrected chi connectivity index (χ3v) is 2.67. The summed E-state index contributed by atoms with van der Waals surface area (Å²) >= 11 is 0. The van der Waals surface area contributed by atoms with E-state index < -0.39 is 30.1 Å². The van der Waals surface area contributed by atoms with Crippen LogP contribution >= 0.6 is 0 Å². The normalized spacial score (nSPS) is 25.4. The first-order chi connectivity index (χ1) is 7.95. The van der Waals surface area contributed by atoms with Crippen LogP contribution in [-0.4, -0.2) is 46.7 Å². The van der Waals surface area contributed by atoms with Crippen LogP contribution in [0.1, 0.15) is 19.3 Å². The van der Waals surface area contributed by atoms with Crippen LogP contribution in [0.2, 0.25) is 0 Å². The van der Waals surface area contributed by atoms with Gasteiger partial charge in [-0.15, -0.1) is 0 Å². The van der Waals surface area contributed by atoms with Gasteiger partial charge in [-0.05, 0) is 6.42 Å². The fourth-order valence-corrected chi connectivity index (χ4v) is 1.77. The maximum Gasteiger partial charge on any atom is 0.303 e. The Kier molecular flexibility index (Phi) is 4.40. The molecule has 0 aromatic rings. The van der Waals surface area contributed by atoms with Crippen molar-refractivity contribution in [2.45, 2.75) is 37.5 Å². The van der Waals surface area contributed by atoms with E-state index >= 15 is 0 Å². The zero-order valence-electron chi connectivity index (χ0n) is 9.17. The summed E-state index contributed by atoms with van der Waals surface area (Å²) in [6.07, 6.45) is -1.46. The summed E-state index contributed by atoms with van der Waals surface area (Å²) < 4.78 is 13.1. The van der Waals surface area contributed by atoms with E-state index in [0.29, 0.717) is 0 Å². The number of aliphatic carboxylic acids is 1. The van der Waals surface area contributed by atoms with Gasteiger partial charge in [0, 0.05) is 12.8 Å². The standard InChI is InChI=1S/C10H14FN3O3/c11-6-3-7(4-12)14(5-6)10(17)8(13)1-2-9(15)16/h6-8H,1-3,5,13H2,(H,15,16)/t6?,7?,8-/m0/s1.